The van der Waals surface area contributed by atoms with Crippen LogP contribution in [-0.2, 0) is 17.8 Å². The number of nitrogens with zero attached hydrogens (tertiary/aromatic N) is 2. The van der Waals surface area contributed by atoms with Gasteiger partial charge in [-0.25, -0.2) is 4.79 Å². The van der Waals surface area contributed by atoms with E-state index in [1.165, 1.54) is 11.1 Å². The first kappa shape index (κ1) is 15.8. The summed E-state index contributed by atoms with van der Waals surface area (Å²) in [7, 11) is 0. The van der Waals surface area contributed by atoms with Crippen LogP contribution in [0.15, 0.2) is 24.3 Å². The second-order valence-electron chi connectivity index (χ2n) is 7.31. The highest BCUT2D eigenvalue weighted by Gasteiger charge is 2.43. The second-order valence-corrected chi connectivity index (χ2v) is 7.31. The molecule has 23 heavy (non-hydrogen) atoms. The van der Waals surface area contributed by atoms with Crippen LogP contribution in [0.4, 0.5) is 4.79 Å². The number of aliphatic carboxylic acids is 1. The summed E-state index contributed by atoms with van der Waals surface area (Å²) in [6.45, 7) is 5.97. The number of hydrogen-bond acceptors (Lipinski definition) is 2. The van der Waals surface area contributed by atoms with E-state index in [9.17, 15) is 9.59 Å². The normalized spacial score (nSPS) is 22.8. The van der Waals surface area contributed by atoms with Crippen LogP contribution in [0.25, 0.3) is 0 Å². The zero-order chi connectivity index (χ0) is 16.6. The maximum Gasteiger partial charge on any atom is 0.320 e. The highest BCUT2D eigenvalue weighted by atomic mass is 16.4. The number of amides is 2. The van der Waals surface area contributed by atoms with Crippen molar-refractivity contribution >= 4 is 12.0 Å². The van der Waals surface area contributed by atoms with Crippen LogP contribution in [0.3, 0.4) is 0 Å². The summed E-state index contributed by atoms with van der Waals surface area (Å²) in [5, 5.41) is 9.01. The molecule has 0 radical (unpaired) electrons. The van der Waals surface area contributed by atoms with E-state index in [1.54, 1.807) is 0 Å². The van der Waals surface area contributed by atoms with Gasteiger partial charge in [0.1, 0.15) is 0 Å². The van der Waals surface area contributed by atoms with Gasteiger partial charge in [-0.15, -0.1) is 0 Å². The molecule has 1 fully saturated rings. The molecule has 2 amide bonds. The minimum atomic E-state index is -0.785. The summed E-state index contributed by atoms with van der Waals surface area (Å²) >= 11 is 0. The van der Waals surface area contributed by atoms with Gasteiger partial charge in [-0.2, -0.15) is 0 Å². The molecule has 0 bridgehead atoms. The Labute approximate surface area is 136 Å². The van der Waals surface area contributed by atoms with Gasteiger partial charge >= 0.3 is 12.0 Å². The topological polar surface area (TPSA) is 60.9 Å². The molecular formula is C18H24N2O3. The molecule has 1 aromatic rings. The maximum absolute atomic E-state index is 13.0. The number of urea groups is 1. The minimum Gasteiger partial charge on any atom is -0.481 e. The number of likely N-dealkylation sites (tertiary alicyclic amines) is 1. The Hall–Kier alpha value is -2.04. The molecule has 1 N–H and O–H groups in total. The van der Waals surface area contributed by atoms with Crippen molar-refractivity contribution in [3.05, 3.63) is 35.4 Å². The molecule has 1 aromatic carbocycles. The lowest BCUT2D eigenvalue weighted by Crippen LogP contribution is -2.51. The van der Waals surface area contributed by atoms with Crippen LogP contribution in [0.1, 0.15) is 37.8 Å². The molecule has 5 nitrogen and oxygen atoms in total. The number of carbonyl (C=O) groups excluding carboxylic acids is 1. The van der Waals surface area contributed by atoms with Crippen LogP contribution in [-0.4, -0.2) is 45.5 Å². The molecule has 2 aliphatic heterocycles. The molecule has 1 saturated heterocycles. The zero-order valence-corrected chi connectivity index (χ0v) is 13.8. The van der Waals surface area contributed by atoms with Crippen LogP contribution < -0.4 is 0 Å². The molecule has 0 aliphatic carbocycles. The van der Waals surface area contributed by atoms with Gasteiger partial charge in [-0.05, 0) is 43.7 Å². The first-order chi connectivity index (χ1) is 10.9. The van der Waals surface area contributed by atoms with E-state index in [4.69, 9.17) is 5.11 Å². The summed E-state index contributed by atoms with van der Waals surface area (Å²) in [5.74, 6) is -0.740. The third kappa shape index (κ3) is 3.19. The Balaban J connectivity index is 1.72. The third-order valence-electron chi connectivity index (χ3n) is 5.06. The lowest BCUT2D eigenvalue weighted by atomic mass is 9.94. The van der Waals surface area contributed by atoms with Crippen molar-refractivity contribution in [2.24, 2.45) is 5.92 Å². The van der Waals surface area contributed by atoms with Gasteiger partial charge in [0, 0.05) is 31.6 Å². The van der Waals surface area contributed by atoms with Gasteiger partial charge in [0.25, 0.3) is 0 Å². The molecule has 124 valence electrons. The number of carboxylic acids is 1. The van der Waals surface area contributed by atoms with Crippen LogP contribution in [0.5, 0.6) is 0 Å². The van der Waals surface area contributed by atoms with Gasteiger partial charge in [0.2, 0.25) is 0 Å². The SMILES string of the molecule is CC1(C)CC(CC(=O)O)CN1C(=O)N1CCc2ccccc2C1. The van der Waals surface area contributed by atoms with Gasteiger partial charge in [-0.1, -0.05) is 24.3 Å². The molecule has 1 atom stereocenters. The Morgan fingerprint density at radius 2 is 1.96 bits per heavy atom. The third-order valence-corrected chi connectivity index (χ3v) is 5.06. The van der Waals surface area contributed by atoms with Crippen molar-refractivity contribution in [1.82, 2.24) is 9.80 Å². The van der Waals surface area contributed by atoms with Crippen molar-refractivity contribution in [2.45, 2.75) is 45.2 Å². The van der Waals surface area contributed by atoms with Gasteiger partial charge < -0.3 is 14.9 Å². The fourth-order valence-electron chi connectivity index (χ4n) is 3.94. The van der Waals surface area contributed by atoms with Gasteiger partial charge in [-0.3, -0.25) is 4.79 Å². The highest BCUT2D eigenvalue weighted by Crippen LogP contribution is 2.35. The van der Waals surface area contributed by atoms with Crippen LogP contribution in [0, 0.1) is 5.92 Å². The minimum absolute atomic E-state index is 0.0393. The predicted molar refractivity (Wildman–Crippen MR) is 87.1 cm³/mol. The number of hydrogen-bond donors (Lipinski definition) is 1. The van der Waals surface area contributed by atoms with Gasteiger partial charge in [0.05, 0.1) is 0 Å². The Morgan fingerprint density at radius 1 is 1.26 bits per heavy atom. The van der Waals surface area contributed by atoms with E-state index in [0.29, 0.717) is 13.1 Å². The van der Waals surface area contributed by atoms with Crippen LogP contribution in [0.2, 0.25) is 0 Å². The summed E-state index contributed by atoms with van der Waals surface area (Å²) in [6, 6.07) is 8.29. The fourth-order valence-corrected chi connectivity index (χ4v) is 3.94. The standard InChI is InChI=1S/C18H24N2O3/c1-18(2)10-13(9-16(21)22)11-20(18)17(23)19-8-7-14-5-3-4-6-15(14)12-19/h3-6,13H,7-12H2,1-2H3,(H,21,22). The van der Waals surface area contributed by atoms with Crippen molar-refractivity contribution in [1.29, 1.82) is 0 Å². The zero-order valence-electron chi connectivity index (χ0n) is 13.8. The molecule has 5 heteroatoms. The Kier molecular flexibility index (Phi) is 4.04. The Morgan fingerprint density at radius 3 is 2.65 bits per heavy atom. The van der Waals surface area contributed by atoms with Crippen molar-refractivity contribution < 1.29 is 14.7 Å². The summed E-state index contributed by atoms with van der Waals surface area (Å²) < 4.78 is 0. The van der Waals surface area contributed by atoms with Crippen molar-refractivity contribution in [3.8, 4) is 0 Å². The van der Waals surface area contributed by atoms with Gasteiger partial charge in [0.15, 0.2) is 0 Å². The van der Waals surface area contributed by atoms with E-state index in [-0.39, 0.29) is 23.9 Å². The van der Waals surface area contributed by atoms with Crippen molar-refractivity contribution in [2.75, 3.05) is 13.1 Å². The Bertz CT molecular complexity index is 626. The molecular weight excluding hydrogens is 292 g/mol. The lowest BCUT2D eigenvalue weighted by Gasteiger charge is -2.38. The molecule has 3 rings (SSSR count). The molecule has 2 heterocycles. The molecule has 0 saturated carbocycles. The molecule has 0 spiro atoms. The van der Waals surface area contributed by atoms with Crippen LogP contribution >= 0.6 is 0 Å². The number of carbonyl (C=O) groups is 2. The summed E-state index contributed by atoms with van der Waals surface area (Å²) in [6.07, 6.45) is 1.76. The average molecular weight is 316 g/mol. The highest BCUT2D eigenvalue weighted by molar-refractivity contribution is 5.76. The summed E-state index contributed by atoms with van der Waals surface area (Å²) in [5.41, 5.74) is 2.25. The maximum atomic E-state index is 13.0. The molecule has 0 aromatic heterocycles. The van der Waals surface area contributed by atoms with E-state index in [0.717, 1.165) is 19.4 Å². The quantitative estimate of drug-likeness (QED) is 0.912. The molecule has 2 aliphatic rings. The summed E-state index contributed by atoms with van der Waals surface area (Å²) in [4.78, 5) is 27.7. The molecule has 1 unspecified atom stereocenters. The van der Waals surface area contributed by atoms with E-state index >= 15 is 0 Å². The van der Waals surface area contributed by atoms with E-state index in [2.05, 4.69) is 12.1 Å². The number of rotatable bonds is 2. The second kappa shape index (κ2) is 5.87. The number of fused-ring (bicyclic) bond motifs is 1. The first-order valence-electron chi connectivity index (χ1n) is 8.22. The smallest absolute Gasteiger partial charge is 0.320 e. The average Bonchev–Trinajstić information content (AvgIpc) is 2.79. The number of carboxylic acid groups (broad SMARTS) is 1. The number of benzene rings is 1. The largest absolute Gasteiger partial charge is 0.481 e. The predicted octanol–water partition coefficient (Wildman–Crippen LogP) is 2.74. The monoisotopic (exact) mass is 316 g/mol. The van der Waals surface area contributed by atoms with E-state index in [1.807, 2.05) is 35.8 Å². The van der Waals surface area contributed by atoms with Crippen molar-refractivity contribution in [3.63, 3.8) is 0 Å². The first-order valence-corrected chi connectivity index (χ1v) is 8.22. The lowest BCUT2D eigenvalue weighted by molar-refractivity contribution is -0.138. The van der Waals surface area contributed by atoms with E-state index < -0.39 is 5.97 Å². The fraction of sp³-hybridized carbons (Fsp3) is 0.556.